The van der Waals surface area contributed by atoms with E-state index >= 15 is 0 Å². The number of amides is 1. The van der Waals surface area contributed by atoms with Gasteiger partial charge in [-0.05, 0) is 23.3 Å². The van der Waals surface area contributed by atoms with Crippen LogP contribution < -0.4 is 11.1 Å². The van der Waals surface area contributed by atoms with E-state index in [1.807, 2.05) is 11.6 Å². The highest BCUT2D eigenvalue weighted by molar-refractivity contribution is 5.98. The standard InChI is InChI=1S/C14H13N5O.C6H4/c1-3-8-7-17-14(15)18-12(8)11-6-9-10(19(11)2)4-5-16-13(9)20;1-2-5-4-6(5)3-1/h1,6-7H,4-5H2,2H3,(H,16,20)(H2,15,17,18);1-4H. The minimum atomic E-state index is -0.0719. The molecule has 6 nitrogen and oxygen atoms in total. The van der Waals surface area contributed by atoms with E-state index in [4.69, 9.17) is 12.2 Å². The Kier molecular flexibility index (Phi) is 3.70. The number of benzene rings is 1. The summed E-state index contributed by atoms with van der Waals surface area (Å²) >= 11 is 0. The van der Waals surface area contributed by atoms with Crippen LogP contribution in [0, 0.1) is 12.3 Å². The second kappa shape index (κ2) is 6.05. The molecule has 5 rings (SSSR count). The number of carbonyl (C=O) groups is 1. The molecule has 3 N–H and O–H groups in total. The second-order valence-corrected chi connectivity index (χ2v) is 6.17. The van der Waals surface area contributed by atoms with E-state index in [2.05, 4.69) is 45.5 Å². The van der Waals surface area contributed by atoms with Crippen LogP contribution in [0.1, 0.15) is 21.6 Å². The Morgan fingerprint density at radius 1 is 1.31 bits per heavy atom. The number of nitrogens with one attached hydrogen (secondary N) is 1. The van der Waals surface area contributed by atoms with E-state index in [1.54, 1.807) is 6.07 Å². The maximum Gasteiger partial charge on any atom is 0.253 e. The van der Waals surface area contributed by atoms with Crippen molar-refractivity contribution in [3.63, 3.8) is 0 Å². The molecule has 0 spiro atoms. The number of terminal acetylenes is 1. The van der Waals surface area contributed by atoms with Crippen molar-refractivity contribution in [2.24, 2.45) is 7.05 Å². The molecule has 0 saturated carbocycles. The Hall–Kier alpha value is -3.59. The molecule has 0 fully saturated rings. The van der Waals surface area contributed by atoms with Gasteiger partial charge in [0.05, 0.1) is 16.8 Å². The van der Waals surface area contributed by atoms with Gasteiger partial charge in [-0.2, -0.15) is 0 Å². The first-order valence-corrected chi connectivity index (χ1v) is 8.25. The zero-order valence-corrected chi connectivity index (χ0v) is 14.3. The van der Waals surface area contributed by atoms with Gasteiger partial charge in [0.25, 0.3) is 5.91 Å². The summed E-state index contributed by atoms with van der Waals surface area (Å²) in [6.45, 7) is 0.636. The second-order valence-electron chi connectivity index (χ2n) is 6.17. The number of carbonyl (C=O) groups excluding carboxylic acids is 1. The summed E-state index contributed by atoms with van der Waals surface area (Å²) in [5.41, 5.74) is 12.0. The van der Waals surface area contributed by atoms with E-state index < -0.39 is 0 Å². The van der Waals surface area contributed by atoms with Crippen molar-refractivity contribution in [3.8, 4) is 34.9 Å². The number of hydrogen-bond acceptors (Lipinski definition) is 4. The Balaban J connectivity index is 0.000000233. The predicted octanol–water partition coefficient (Wildman–Crippen LogP) is 2.00. The number of aromatic nitrogens is 3. The molecule has 3 aliphatic rings. The topological polar surface area (TPSA) is 85.8 Å². The van der Waals surface area contributed by atoms with Crippen molar-refractivity contribution >= 4 is 11.9 Å². The molecule has 0 atom stereocenters. The van der Waals surface area contributed by atoms with E-state index in [0.29, 0.717) is 23.4 Å². The lowest BCUT2D eigenvalue weighted by atomic mass is 10.1. The SMILES string of the molecule is C#Cc1cnc(N)nc1-c1cc2c(n1C)CCNC2=O.c1cc2cc-2c1. The quantitative estimate of drug-likeness (QED) is 0.518. The number of nitrogen functional groups attached to an aromatic ring is 1. The number of nitrogens with two attached hydrogens (primary N) is 1. The van der Waals surface area contributed by atoms with Gasteiger partial charge in [-0.3, -0.25) is 4.79 Å². The molecule has 0 saturated heterocycles. The van der Waals surface area contributed by atoms with Crippen molar-refractivity contribution in [2.75, 3.05) is 12.3 Å². The number of rotatable bonds is 1. The molecule has 1 aliphatic heterocycles. The summed E-state index contributed by atoms with van der Waals surface area (Å²) in [7, 11) is 1.89. The van der Waals surface area contributed by atoms with Gasteiger partial charge in [0, 0.05) is 31.9 Å². The van der Waals surface area contributed by atoms with Gasteiger partial charge < -0.3 is 15.6 Å². The number of anilines is 1. The highest BCUT2D eigenvalue weighted by Gasteiger charge is 2.24. The zero-order valence-electron chi connectivity index (χ0n) is 14.3. The Bertz CT molecular complexity index is 1060. The molecular formula is C20H17N5O. The van der Waals surface area contributed by atoms with Gasteiger partial charge in [-0.15, -0.1) is 6.42 Å². The summed E-state index contributed by atoms with van der Waals surface area (Å²) in [5.74, 6) is 2.63. The maximum absolute atomic E-state index is 11.9. The van der Waals surface area contributed by atoms with E-state index in [1.165, 1.54) is 17.3 Å². The molecule has 0 aromatic carbocycles. The van der Waals surface area contributed by atoms with Gasteiger partial charge in [-0.25, -0.2) is 9.97 Å². The highest BCUT2D eigenvalue weighted by atomic mass is 16.1. The van der Waals surface area contributed by atoms with Crippen LogP contribution in [0.15, 0.2) is 36.5 Å². The Morgan fingerprint density at radius 3 is 2.65 bits per heavy atom. The first-order valence-electron chi connectivity index (χ1n) is 8.25. The third-order valence-corrected chi connectivity index (χ3v) is 4.57. The third kappa shape index (κ3) is 2.70. The summed E-state index contributed by atoms with van der Waals surface area (Å²) in [6, 6.07) is 10.3. The molecule has 2 aromatic heterocycles. The first kappa shape index (κ1) is 15.9. The Morgan fingerprint density at radius 2 is 2.08 bits per heavy atom. The smallest absolute Gasteiger partial charge is 0.253 e. The minimum absolute atomic E-state index is 0.0719. The summed E-state index contributed by atoms with van der Waals surface area (Å²) in [5, 5.41) is 2.82. The van der Waals surface area contributed by atoms with Crippen molar-refractivity contribution in [1.82, 2.24) is 19.9 Å². The third-order valence-electron chi connectivity index (χ3n) is 4.57. The first-order chi connectivity index (χ1) is 12.6. The van der Waals surface area contributed by atoms with Crippen molar-refractivity contribution in [1.29, 1.82) is 0 Å². The monoisotopic (exact) mass is 343 g/mol. The van der Waals surface area contributed by atoms with Crippen LogP contribution in [0.3, 0.4) is 0 Å². The van der Waals surface area contributed by atoms with Gasteiger partial charge in [0.2, 0.25) is 5.95 Å². The fraction of sp³-hybridized carbons (Fsp3) is 0.150. The molecule has 0 unspecified atom stereocenters. The lowest BCUT2D eigenvalue weighted by Crippen LogP contribution is -2.31. The van der Waals surface area contributed by atoms with Crippen LogP contribution in [0.5, 0.6) is 0 Å². The van der Waals surface area contributed by atoms with Crippen molar-refractivity contribution in [3.05, 3.63) is 53.3 Å². The van der Waals surface area contributed by atoms with Crippen LogP contribution in [0.4, 0.5) is 5.95 Å². The van der Waals surface area contributed by atoms with E-state index in [0.717, 1.165) is 17.8 Å². The predicted molar refractivity (Wildman–Crippen MR) is 100 cm³/mol. The molecule has 6 heteroatoms. The average molecular weight is 343 g/mol. The normalized spacial score (nSPS) is 13.0. The van der Waals surface area contributed by atoms with Gasteiger partial charge in [-0.1, -0.05) is 24.1 Å². The molecule has 26 heavy (non-hydrogen) atoms. The fourth-order valence-electron chi connectivity index (χ4n) is 3.13. The van der Waals surface area contributed by atoms with E-state index in [9.17, 15) is 4.79 Å². The molecule has 0 radical (unpaired) electrons. The molecule has 128 valence electrons. The summed E-state index contributed by atoms with van der Waals surface area (Å²) in [4.78, 5) is 20.0. The van der Waals surface area contributed by atoms with Crippen LogP contribution in [0.25, 0.3) is 22.5 Å². The molecule has 0 bridgehead atoms. The maximum atomic E-state index is 11.9. The highest BCUT2D eigenvalue weighted by Crippen LogP contribution is 2.32. The molecular weight excluding hydrogens is 326 g/mol. The minimum Gasteiger partial charge on any atom is -0.368 e. The van der Waals surface area contributed by atoms with Crippen LogP contribution in [-0.4, -0.2) is 27.0 Å². The zero-order chi connectivity index (χ0) is 18.3. The van der Waals surface area contributed by atoms with Crippen LogP contribution in [0.2, 0.25) is 0 Å². The number of fused-ring (bicyclic) bond motifs is 2. The average Bonchev–Trinajstić information content (AvgIpc) is 3.08. The fourth-order valence-corrected chi connectivity index (χ4v) is 3.13. The molecule has 1 amide bonds. The Labute approximate surface area is 151 Å². The lowest BCUT2D eigenvalue weighted by molar-refractivity contribution is 0.0945. The number of hydrogen-bond donors (Lipinski definition) is 2. The molecule has 3 heterocycles. The molecule has 2 aliphatic carbocycles. The van der Waals surface area contributed by atoms with Crippen molar-refractivity contribution in [2.45, 2.75) is 6.42 Å². The van der Waals surface area contributed by atoms with Gasteiger partial charge in [0.15, 0.2) is 0 Å². The van der Waals surface area contributed by atoms with E-state index in [-0.39, 0.29) is 11.9 Å². The lowest BCUT2D eigenvalue weighted by Gasteiger charge is -2.14. The van der Waals surface area contributed by atoms with Gasteiger partial charge >= 0.3 is 0 Å². The largest absolute Gasteiger partial charge is 0.368 e. The van der Waals surface area contributed by atoms with Crippen LogP contribution >= 0.6 is 0 Å². The van der Waals surface area contributed by atoms with Crippen LogP contribution in [-0.2, 0) is 13.5 Å². The summed E-state index contributed by atoms with van der Waals surface area (Å²) < 4.78 is 1.94. The molecule has 2 aromatic rings. The van der Waals surface area contributed by atoms with Crippen molar-refractivity contribution < 1.29 is 4.79 Å². The number of nitrogens with zero attached hydrogens (tertiary/aromatic N) is 3. The van der Waals surface area contributed by atoms with Gasteiger partial charge in [0.1, 0.15) is 5.69 Å². The summed E-state index contributed by atoms with van der Waals surface area (Å²) in [6.07, 6.45) is 7.78.